The number of benzene rings is 1. The Morgan fingerprint density at radius 2 is 1.71 bits per heavy atom. The molecule has 0 bridgehead atoms. The van der Waals surface area contributed by atoms with E-state index in [1.807, 2.05) is 4.90 Å². The molecular weight excluding hydrogens is 345 g/mol. The van der Waals surface area contributed by atoms with Gasteiger partial charge in [0.15, 0.2) is 0 Å². The van der Waals surface area contributed by atoms with Crippen molar-refractivity contribution in [3.63, 3.8) is 0 Å². The van der Waals surface area contributed by atoms with Crippen LogP contribution in [0.2, 0.25) is 10.0 Å². The third-order valence-corrected chi connectivity index (χ3v) is 4.75. The normalized spacial score (nSPS) is 15.0. The molecule has 1 amide bonds. The van der Waals surface area contributed by atoms with E-state index in [9.17, 15) is 4.79 Å². The van der Waals surface area contributed by atoms with Crippen molar-refractivity contribution in [2.24, 2.45) is 0 Å². The lowest BCUT2D eigenvalue weighted by atomic mass is 10.2. The van der Waals surface area contributed by atoms with Crippen molar-refractivity contribution in [1.29, 1.82) is 0 Å². The molecule has 1 aliphatic rings. The van der Waals surface area contributed by atoms with Crippen LogP contribution in [0.1, 0.15) is 36.0 Å². The summed E-state index contributed by atoms with van der Waals surface area (Å²) in [6, 6.07) is 8.77. The Morgan fingerprint density at radius 1 is 1.04 bits per heavy atom. The number of likely N-dealkylation sites (tertiary alicyclic amines) is 1. The number of nitrogens with one attached hydrogen (secondary N) is 1. The van der Waals surface area contributed by atoms with Crippen LogP contribution >= 0.6 is 23.2 Å². The van der Waals surface area contributed by atoms with E-state index in [1.165, 1.54) is 12.8 Å². The van der Waals surface area contributed by atoms with Gasteiger partial charge in [-0.05, 0) is 37.1 Å². The molecule has 0 aliphatic carbocycles. The SMILES string of the molecule is O=C(c1ccnc(Nc2c(Cl)cccc2Cl)c1)N1CCCCCC1. The number of hydrogen-bond acceptors (Lipinski definition) is 3. The van der Waals surface area contributed by atoms with Gasteiger partial charge in [0.2, 0.25) is 0 Å². The Labute approximate surface area is 151 Å². The van der Waals surface area contributed by atoms with Crippen molar-refractivity contribution in [3.8, 4) is 0 Å². The number of hydrogen-bond donors (Lipinski definition) is 1. The predicted octanol–water partition coefficient (Wildman–Crippen LogP) is 5.15. The molecule has 0 saturated carbocycles. The molecule has 1 aliphatic heterocycles. The second-order valence-corrected chi connectivity index (χ2v) is 6.67. The number of halogens is 2. The lowest BCUT2D eigenvalue weighted by Crippen LogP contribution is -2.31. The van der Waals surface area contributed by atoms with Crippen LogP contribution < -0.4 is 5.32 Å². The van der Waals surface area contributed by atoms with Gasteiger partial charge in [0.1, 0.15) is 5.82 Å². The van der Waals surface area contributed by atoms with E-state index in [4.69, 9.17) is 23.2 Å². The molecule has 126 valence electrons. The number of nitrogens with zero attached hydrogens (tertiary/aromatic N) is 2. The highest BCUT2D eigenvalue weighted by molar-refractivity contribution is 6.39. The summed E-state index contributed by atoms with van der Waals surface area (Å²) in [6.45, 7) is 1.64. The zero-order chi connectivity index (χ0) is 16.9. The van der Waals surface area contributed by atoms with Crippen molar-refractivity contribution >= 4 is 40.6 Å². The molecule has 2 heterocycles. The quantitative estimate of drug-likeness (QED) is 0.819. The first-order chi connectivity index (χ1) is 11.6. The summed E-state index contributed by atoms with van der Waals surface area (Å²) in [6.07, 6.45) is 6.14. The van der Waals surface area contributed by atoms with Gasteiger partial charge >= 0.3 is 0 Å². The Morgan fingerprint density at radius 3 is 2.38 bits per heavy atom. The first kappa shape index (κ1) is 17.1. The van der Waals surface area contributed by atoms with Crippen LogP contribution in [-0.2, 0) is 0 Å². The van der Waals surface area contributed by atoms with Gasteiger partial charge in [-0.3, -0.25) is 4.79 Å². The maximum absolute atomic E-state index is 12.7. The average molecular weight is 364 g/mol. The fourth-order valence-corrected chi connectivity index (χ4v) is 3.33. The maximum atomic E-state index is 12.7. The summed E-state index contributed by atoms with van der Waals surface area (Å²) in [5.74, 6) is 0.596. The van der Waals surface area contributed by atoms with Crippen LogP contribution in [0.15, 0.2) is 36.5 Å². The topological polar surface area (TPSA) is 45.2 Å². The molecule has 4 nitrogen and oxygen atoms in total. The second-order valence-electron chi connectivity index (χ2n) is 5.86. The minimum atomic E-state index is 0.0487. The zero-order valence-corrected chi connectivity index (χ0v) is 14.8. The number of para-hydroxylation sites is 1. The number of pyridine rings is 1. The smallest absolute Gasteiger partial charge is 0.254 e. The minimum Gasteiger partial charge on any atom is -0.339 e. The Bertz CT molecular complexity index is 708. The summed E-state index contributed by atoms with van der Waals surface area (Å²) in [4.78, 5) is 18.9. The molecule has 0 radical (unpaired) electrons. The number of rotatable bonds is 3. The molecule has 0 spiro atoms. The van der Waals surface area contributed by atoms with Gasteiger partial charge in [-0.1, -0.05) is 42.1 Å². The Kier molecular flexibility index (Phi) is 5.59. The van der Waals surface area contributed by atoms with Crippen molar-refractivity contribution in [2.75, 3.05) is 18.4 Å². The highest BCUT2D eigenvalue weighted by atomic mass is 35.5. The highest BCUT2D eigenvalue weighted by Crippen LogP contribution is 2.32. The zero-order valence-electron chi connectivity index (χ0n) is 13.3. The van der Waals surface area contributed by atoms with E-state index >= 15 is 0 Å². The van der Waals surface area contributed by atoms with E-state index in [-0.39, 0.29) is 5.91 Å². The molecular formula is C18H19Cl2N3O. The summed E-state index contributed by atoms with van der Waals surface area (Å²) in [7, 11) is 0. The molecule has 0 unspecified atom stereocenters. The number of amides is 1. The van der Waals surface area contributed by atoms with Crippen molar-refractivity contribution in [3.05, 3.63) is 52.1 Å². The molecule has 1 N–H and O–H groups in total. The van der Waals surface area contributed by atoms with E-state index < -0.39 is 0 Å². The summed E-state index contributed by atoms with van der Waals surface area (Å²) < 4.78 is 0. The van der Waals surface area contributed by atoms with Gasteiger partial charge in [0.25, 0.3) is 5.91 Å². The lowest BCUT2D eigenvalue weighted by Gasteiger charge is -2.20. The van der Waals surface area contributed by atoms with E-state index in [2.05, 4.69) is 10.3 Å². The summed E-state index contributed by atoms with van der Waals surface area (Å²) in [5, 5.41) is 4.12. The van der Waals surface area contributed by atoms with Crippen LogP contribution in [0, 0.1) is 0 Å². The van der Waals surface area contributed by atoms with Gasteiger partial charge in [0, 0.05) is 24.8 Å². The van der Waals surface area contributed by atoms with Gasteiger partial charge < -0.3 is 10.2 Å². The van der Waals surface area contributed by atoms with Crippen molar-refractivity contribution in [2.45, 2.75) is 25.7 Å². The van der Waals surface area contributed by atoms with Gasteiger partial charge in [-0.2, -0.15) is 0 Å². The molecule has 3 rings (SSSR count). The Hall–Kier alpha value is -1.78. The third-order valence-electron chi connectivity index (χ3n) is 4.12. The van der Waals surface area contributed by atoms with E-state index in [0.29, 0.717) is 27.1 Å². The first-order valence-electron chi connectivity index (χ1n) is 8.11. The molecule has 2 aromatic rings. The fourth-order valence-electron chi connectivity index (χ4n) is 2.83. The monoisotopic (exact) mass is 363 g/mol. The first-order valence-corrected chi connectivity index (χ1v) is 8.87. The van der Waals surface area contributed by atoms with Crippen LogP contribution in [0.25, 0.3) is 0 Å². The standard InChI is InChI=1S/C18H19Cl2N3O/c19-14-6-5-7-15(20)17(14)22-16-12-13(8-9-21-16)18(24)23-10-3-1-2-4-11-23/h5-9,12H,1-4,10-11H2,(H,21,22). The van der Waals surface area contributed by atoms with Gasteiger partial charge in [-0.25, -0.2) is 4.98 Å². The molecule has 1 aromatic carbocycles. The average Bonchev–Trinajstić information content (AvgIpc) is 2.87. The molecule has 1 aromatic heterocycles. The number of aromatic nitrogens is 1. The number of carbonyl (C=O) groups is 1. The maximum Gasteiger partial charge on any atom is 0.254 e. The third kappa shape index (κ3) is 4.00. The van der Waals surface area contributed by atoms with Gasteiger partial charge in [-0.15, -0.1) is 0 Å². The highest BCUT2D eigenvalue weighted by Gasteiger charge is 2.18. The molecule has 24 heavy (non-hydrogen) atoms. The molecule has 0 atom stereocenters. The Balaban J connectivity index is 1.80. The predicted molar refractivity (Wildman–Crippen MR) is 98.4 cm³/mol. The largest absolute Gasteiger partial charge is 0.339 e. The van der Waals surface area contributed by atoms with Crippen LogP contribution in [0.4, 0.5) is 11.5 Å². The molecule has 1 saturated heterocycles. The van der Waals surface area contributed by atoms with Crippen LogP contribution in [0.5, 0.6) is 0 Å². The van der Waals surface area contributed by atoms with E-state index in [1.54, 1.807) is 36.5 Å². The van der Waals surface area contributed by atoms with Crippen molar-refractivity contribution in [1.82, 2.24) is 9.88 Å². The summed E-state index contributed by atoms with van der Waals surface area (Å²) in [5.41, 5.74) is 1.21. The second kappa shape index (κ2) is 7.86. The minimum absolute atomic E-state index is 0.0487. The fraction of sp³-hybridized carbons (Fsp3) is 0.333. The molecule has 6 heteroatoms. The number of anilines is 2. The van der Waals surface area contributed by atoms with Crippen LogP contribution in [0.3, 0.4) is 0 Å². The lowest BCUT2D eigenvalue weighted by molar-refractivity contribution is 0.0761. The summed E-state index contributed by atoms with van der Waals surface area (Å²) >= 11 is 12.3. The van der Waals surface area contributed by atoms with Gasteiger partial charge in [0.05, 0.1) is 15.7 Å². The number of carbonyl (C=O) groups excluding carboxylic acids is 1. The van der Waals surface area contributed by atoms with E-state index in [0.717, 1.165) is 25.9 Å². The van der Waals surface area contributed by atoms with Crippen LogP contribution in [-0.4, -0.2) is 28.9 Å². The van der Waals surface area contributed by atoms with Crippen molar-refractivity contribution < 1.29 is 4.79 Å². The molecule has 1 fully saturated rings.